The number of aromatic nitrogens is 3. The number of nitrogens with one attached hydrogen (secondary N) is 1. The van der Waals surface area contributed by atoms with Gasteiger partial charge in [-0.2, -0.15) is 4.98 Å². The number of rotatable bonds is 8. The largest absolute Gasteiger partial charge is 0.493 e. The Labute approximate surface area is 193 Å². The van der Waals surface area contributed by atoms with E-state index in [-0.39, 0.29) is 12.5 Å². The molecule has 0 atom stereocenters. The van der Waals surface area contributed by atoms with Gasteiger partial charge in [-0.15, -0.1) is 22.7 Å². The normalized spacial score (nSPS) is 11.0. The zero-order valence-electron chi connectivity index (χ0n) is 18.1. The molecule has 1 N–H and O–H groups in total. The molecule has 0 radical (unpaired) electrons. The van der Waals surface area contributed by atoms with Crippen molar-refractivity contribution in [2.24, 2.45) is 0 Å². The van der Waals surface area contributed by atoms with E-state index in [0.717, 1.165) is 28.0 Å². The second-order valence-electron chi connectivity index (χ2n) is 6.74. The van der Waals surface area contributed by atoms with E-state index in [4.69, 9.17) is 14.2 Å². The van der Waals surface area contributed by atoms with E-state index in [1.165, 1.54) is 22.7 Å². The predicted octanol–water partition coefficient (Wildman–Crippen LogP) is 4.93. The average molecular weight is 471 g/mol. The first-order valence-corrected chi connectivity index (χ1v) is 11.6. The van der Waals surface area contributed by atoms with Crippen LogP contribution in [-0.4, -0.2) is 41.7 Å². The molecule has 1 amide bonds. The van der Waals surface area contributed by atoms with E-state index in [1.807, 2.05) is 43.5 Å². The van der Waals surface area contributed by atoms with Crippen LogP contribution in [0.3, 0.4) is 0 Å². The Balaban J connectivity index is 1.62. The lowest BCUT2D eigenvalue weighted by molar-refractivity contribution is 0.103. The van der Waals surface area contributed by atoms with Crippen molar-refractivity contribution in [3.63, 3.8) is 0 Å². The maximum Gasteiger partial charge on any atom is 0.267 e. The van der Waals surface area contributed by atoms with Crippen molar-refractivity contribution in [2.75, 3.05) is 26.1 Å². The Morgan fingerprint density at radius 2 is 1.97 bits per heavy atom. The van der Waals surface area contributed by atoms with Gasteiger partial charge in [-0.05, 0) is 31.5 Å². The summed E-state index contributed by atoms with van der Waals surface area (Å²) in [6, 6.07) is 7.71. The molecular weight excluding hydrogens is 448 g/mol. The number of ether oxygens (including phenoxy) is 3. The Hall–Kier alpha value is -3.08. The molecule has 0 spiro atoms. The van der Waals surface area contributed by atoms with E-state index in [9.17, 15) is 4.79 Å². The number of methoxy groups -OCH3 is 2. The number of carbonyl (C=O) groups is 1. The maximum absolute atomic E-state index is 13.1. The van der Waals surface area contributed by atoms with Crippen LogP contribution in [0.4, 0.5) is 5.13 Å². The highest BCUT2D eigenvalue weighted by molar-refractivity contribution is 7.21. The average Bonchev–Trinajstić information content (AvgIpc) is 3.38. The quantitative estimate of drug-likeness (QED) is 0.390. The van der Waals surface area contributed by atoms with Crippen LogP contribution < -0.4 is 14.8 Å². The number of thiazole rings is 1. The van der Waals surface area contributed by atoms with Crippen LogP contribution in [0, 0.1) is 6.92 Å². The monoisotopic (exact) mass is 470 g/mol. The molecule has 3 aromatic heterocycles. The van der Waals surface area contributed by atoms with E-state index in [2.05, 4.69) is 20.3 Å². The van der Waals surface area contributed by atoms with Gasteiger partial charge in [-0.3, -0.25) is 10.1 Å². The number of aryl methyl sites for hydroxylation is 1. The highest BCUT2D eigenvalue weighted by atomic mass is 32.1. The lowest BCUT2D eigenvalue weighted by atomic mass is 10.1. The fraction of sp³-hybridized carbons (Fsp3) is 0.273. The van der Waals surface area contributed by atoms with Gasteiger partial charge in [0.25, 0.3) is 5.91 Å². The van der Waals surface area contributed by atoms with E-state index >= 15 is 0 Å². The van der Waals surface area contributed by atoms with Gasteiger partial charge in [0.15, 0.2) is 11.0 Å². The lowest BCUT2D eigenvalue weighted by Gasteiger charge is -2.07. The lowest BCUT2D eigenvalue weighted by Crippen LogP contribution is -2.11. The molecule has 0 aliphatic heterocycles. The van der Waals surface area contributed by atoms with Crippen molar-refractivity contribution >= 4 is 43.9 Å². The number of fused-ring (bicyclic) bond motifs is 1. The molecule has 1 aromatic carbocycles. The first kappa shape index (κ1) is 22.1. The highest BCUT2D eigenvalue weighted by Crippen LogP contribution is 2.36. The Bertz CT molecular complexity index is 1270. The molecule has 10 heteroatoms. The summed E-state index contributed by atoms with van der Waals surface area (Å²) in [7, 11) is 3.13. The summed E-state index contributed by atoms with van der Waals surface area (Å²) in [5.41, 5.74) is 2.40. The first-order chi connectivity index (χ1) is 15.5. The third kappa shape index (κ3) is 4.29. The van der Waals surface area contributed by atoms with E-state index in [1.54, 1.807) is 14.2 Å². The molecule has 3 heterocycles. The van der Waals surface area contributed by atoms with Crippen LogP contribution >= 0.6 is 22.7 Å². The van der Waals surface area contributed by atoms with Crippen molar-refractivity contribution in [1.82, 2.24) is 15.0 Å². The van der Waals surface area contributed by atoms with Gasteiger partial charge in [0.2, 0.25) is 5.88 Å². The Morgan fingerprint density at radius 3 is 2.72 bits per heavy atom. The van der Waals surface area contributed by atoms with Gasteiger partial charge in [-0.25, -0.2) is 9.97 Å². The number of hydrogen-bond donors (Lipinski definition) is 1. The fourth-order valence-corrected chi connectivity index (χ4v) is 5.06. The summed E-state index contributed by atoms with van der Waals surface area (Å²) in [5, 5.41) is 6.04. The summed E-state index contributed by atoms with van der Waals surface area (Å²) in [6.07, 6.45) is 0. The van der Waals surface area contributed by atoms with E-state index in [0.29, 0.717) is 33.2 Å². The van der Waals surface area contributed by atoms with Crippen molar-refractivity contribution in [2.45, 2.75) is 20.5 Å². The van der Waals surface area contributed by atoms with Gasteiger partial charge in [-0.1, -0.05) is 12.1 Å². The topological polar surface area (TPSA) is 95.5 Å². The minimum Gasteiger partial charge on any atom is -0.493 e. The maximum atomic E-state index is 13.1. The fourth-order valence-electron chi connectivity index (χ4n) is 3.27. The molecule has 0 fully saturated rings. The third-order valence-electron chi connectivity index (χ3n) is 4.66. The molecule has 0 aliphatic carbocycles. The van der Waals surface area contributed by atoms with Gasteiger partial charge >= 0.3 is 0 Å². The zero-order valence-corrected chi connectivity index (χ0v) is 19.7. The van der Waals surface area contributed by atoms with Crippen LogP contribution in [0.15, 0.2) is 29.6 Å². The summed E-state index contributed by atoms with van der Waals surface area (Å²) in [5.74, 6) is 1.44. The van der Waals surface area contributed by atoms with Crippen molar-refractivity contribution in [1.29, 1.82) is 0 Å². The summed E-state index contributed by atoms with van der Waals surface area (Å²) >= 11 is 2.65. The van der Waals surface area contributed by atoms with Gasteiger partial charge in [0, 0.05) is 18.1 Å². The molecule has 0 bridgehead atoms. The number of amides is 1. The molecule has 0 saturated heterocycles. The molecule has 166 valence electrons. The molecule has 32 heavy (non-hydrogen) atoms. The van der Waals surface area contributed by atoms with Gasteiger partial charge in [0.05, 0.1) is 29.7 Å². The van der Waals surface area contributed by atoms with Crippen LogP contribution in [0.1, 0.15) is 28.0 Å². The number of benzene rings is 1. The van der Waals surface area contributed by atoms with Crippen molar-refractivity contribution in [3.05, 3.63) is 45.9 Å². The number of hydrogen-bond acceptors (Lipinski definition) is 9. The molecule has 0 aliphatic rings. The molecule has 4 rings (SSSR count). The highest BCUT2D eigenvalue weighted by Gasteiger charge is 2.22. The van der Waals surface area contributed by atoms with Gasteiger partial charge in [0.1, 0.15) is 17.2 Å². The second kappa shape index (κ2) is 9.60. The van der Waals surface area contributed by atoms with Crippen LogP contribution in [0.5, 0.6) is 11.6 Å². The first-order valence-electron chi connectivity index (χ1n) is 9.87. The summed E-state index contributed by atoms with van der Waals surface area (Å²) in [6.45, 7) is 4.62. The van der Waals surface area contributed by atoms with Gasteiger partial charge < -0.3 is 14.2 Å². The van der Waals surface area contributed by atoms with Crippen LogP contribution in [-0.2, 0) is 11.3 Å². The Kier molecular flexibility index (Phi) is 6.63. The minimum atomic E-state index is -0.250. The van der Waals surface area contributed by atoms with Crippen molar-refractivity contribution < 1.29 is 19.0 Å². The number of carbonyl (C=O) groups excluding carboxylic acids is 1. The number of nitrogens with zero attached hydrogens (tertiary/aromatic N) is 3. The predicted molar refractivity (Wildman–Crippen MR) is 126 cm³/mol. The smallest absolute Gasteiger partial charge is 0.267 e. The number of anilines is 1. The molecule has 4 aromatic rings. The zero-order chi connectivity index (χ0) is 22.7. The number of para-hydroxylation sites is 1. The molecule has 0 unspecified atom stereocenters. The summed E-state index contributed by atoms with van der Waals surface area (Å²) < 4.78 is 16.3. The SMILES string of the molecule is CCOc1ccccc1-c1csc(NC(=O)c2sc3nc(COC)nc(OC)c3c2C)n1. The molecule has 0 saturated carbocycles. The standard InChI is InChI=1S/C22H22N4O4S2/c1-5-30-15-9-7-6-8-13(15)14-11-31-22(23-14)26-19(27)18-12(2)17-20(29-4)24-16(10-28-3)25-21(17)32-18/h6-9,11H,5,10H2,1-4H3,(H,23,26,27). The molecule has 8 nitrogen and oxygen atoms in total. The second-order valence-corrected chi connectivity index (χ2v) is 8.60. The van der Waals surface area contributed by atoms with E-state index < -0.39 is 0 Å². The van der Waals surface area contributed by atoms with Crippen LogP contribution in [0.2, 0.25) is 0 Å². The van der Waals surface area contributed by atoms with Crippen molar-refractivity contribution in [3.8, 4) is 22.9 Å². The Morgan fingerprint density at radius 1 is 1.16 bits per heavy atom. The van der Waals surface area contributed by atoms with Crippen LogP contribution in [0.25, 0.3) is 21.5 Å². The molecular formula is C22H22N4O4S2. The number of thiophene rings is 1. The third-order valence-corrected chi connectivity index (χ3v) is 6.61. The summed E-state index contributed by atoms with van der Waals surface area (Å²) in [4.78, 5) is 27.8. The minimum absolute atomic E-state index is 0.250.